The van der Waals surface area contributed by atoms with E-state index in [9.17, 15) is 4.79 Å². The van der Waals surface area contributed by atoms with Crippen molar-refractivity contribution >= 4 is 17.5 Å². The van der Waals surface area contributed by atoms with Gasteiger partial charge in [0.05, 0.1) is 6.54 Å². The number of hydrogen-bond acceptors (Lipinski definition) is 5. The van der Waals surface area contributed by atoms with Gasteiger partial charge in [-0.2, -0.15) is 0 Å². The number of nitrogens with zero attached hydrogens (tertiary/aromatic N) is 4. The Morgan fingerprint density at radius 2 is 1.94 bits per heavy atom. The fraction of sp³-hybridized carbons (Fsp3) is 0.400. The number of carbonyl (C=O) groups is 1. The maximum absolute atomic E-state index is 13.6. The van der Waals surface area contributed by atoms with Gasteiger partial charge in [0.2, 0.25) is 5.91 Å². The van der Waals surface area contributed by atoms with E-state index in [1.165, 1.54) is 0 Å². The molecule has 3 aliphatic rings. The summed E-state index contributed by atoms with van der Waals surface area (Å²) < 4.78 is 5.74. The summed E-state index contributed by atoms with van der Waals surface area (Å²) in [6.45, 7) is 4.23. The smallest absolute Gasteiger partial charge is 0.243 e. The molecule has 164 valence electrons. The lowest BCUT2D eigenvalue weighted by Gasteiger charge is -2.33. The van der Waals surface area contributed by atoms with Crippen LogP contribution in [0.3, 0.4) is 0 Å². The summed E-state index contributed by atoms with van der Waals surface area (Å²) in [4.78, 5) is 27.3. The first kappa shape index (κ1) is 19.9. The Bertz CT molecular complexity index is 1160. The SMILES string of the molecule is Cc1ccc(CN2C[C@@H]3C[C@@H](c4cnc(-c5ccc(Cl)cc5)nc4)N4CCC[C@@]34C2=O)o1. The van der Waals surface area contributed by atoms with Crippen LogP contribution in [0.1, 0.15) is 42.4 Å². The Hall–Kier alpha value is -2.70. The Morgan fingerprint density at radius 3 is 2.66 bits per heavy atom. The largest absolute Gasteiger partial charge is 0.464 e. The van der Waals surface area contributed by atoms with Gasteiger partial charge in [-0.05, 0) is 69.1 Å². The summed E-state index contributed by atoms with van der Waals surface area (Å²) in [6, 6.07) is 11.7. The summed E-state index contributed by atoms with van der Waals surface area (Å²) >= 11 is 5.99. The molecule has 0 N–H and O–H groups in total. The van der Waals surface area contributed by atoms with Gasteiger partial charge < -0.3 is 9.32 Å². The van der Waals surface area contributed by atoms with Crippen molar-refractivity contribution in [1.29, 1.82) is 0 Å². The molecule has 2 aromatic heterocycles. The molecule has 0 aliphatic carbocycles. The lowest BCUT2D eigenvalue weighted by Crippen LogP contribution is -2.49. The highest BCUT2D eigenvalue weighted by Gasteiger charge is 2.65. The van der Waals surface area contributed by atoms with Crippen molar-refractivity contribution in [1.82, 2.24) is 19.8 Å². The first-order chi connectivity index (χ1) is 15.5. The van der Waals surface area contributed by atoms with E-state index in [4.69, 9.17) is 16.0 Å². The number of aryl methyl sites for hydroxylation is 1. The third kappa shape index (κ3) is 3.00. The Labute approximate surface area is 192 Å². The molecule has 6 rings (SSSR count). The van der Waals surface area contributed by atoms with Crippen LogP contribution in [0.15, 0.2) is 53.2 Å². The predicted molar refractivity (Wildman–Crippen MR) is 121 cm³/mol. The first-order valence-corrected chi connectivity index (χ1v) is 11.6. The molecule has 0 unspecified atom stereocenters. The molecular formula is C25H25ClN4O2. The van der Waals surface area contributed by atoms with E-state index in [0.29, 0.717) is 23.3 Å². The number of amides is 1. The molecule has 3 saturated heterocycles. The predicted octanol–water partition coefficient (Wildman–Crippen LogP) is 4.64. The Kier molecular flexibility index (Phi) is 4.63. The van der Waals surface area contributed by atoms with E-state index in [2.05, 4.69) is 14.9 Å². The molecule has 1 spiro atoms. The minimum atomic E-state index is -0.374. The summed E-state index contributed by atoms with van der Waals surface area (Å²) in [5.74, 6) is 3.02. The number of likely N-dealkylation sites (tertiary alicyclic amines) is 1. The van der Waals surface area contributed by atoms with Gasteiger partial charge in [-0.15, -0.1) is 0 Å². The molecule has 32 heavy (non-hydrogen) atoms. The van der Waals surface area contributed by atoms with Crippen LogP contribution >= 0.6 is 11.6 Å². The van der Waals surface area contributed by atoms with Crippen LogP contribution in [0.2, 0.25) is 5.02 Å². The number of aromatic nitrogens is 2. The highest BCUT2D eigenvalue weighted by molar-refractivity contribution is 6.30. The number of rotatable bonds is 4. The second-order valence-electron chi connectivity index (χ2n) is 9.21. The highest BCUT2D eigenvalue weighted by atomic mass is 35.5. The number of benzene rings is 1. The van der Waals surface area contributed by atoms with Crippen molar-refractivity contribution in [3.05, 3.63) is 70.9 Å². The number of carbonyl (C=O) groups excluding carboxylic acids is 1. The average Bonchev–Trinajstić information content (AvgIpc) is 3.53. The summed E-state index contributed by atoms with van der Waals surface area (Å²) in [6.07, 6.45) is 6.81. The summed E-state index contributed by atoms with van der Waals surface area (Å²) in [5.41, 5.74) is 1.67. The maximum Gasteiger partial charge on any atom is 0.243 e. The maximum atomic E-state index is 13.6. The van der Waals surface area contributed by atoms with Crippen LogP contribution in [-0.4, -0.2) is 44.3 Å². The molecule has 7 heteroatoms. The summed E-state index contributed by atoms with van der Waals surface area (Å²) in [7, 11) is 0. The molecular weight excluding hydrogens is 424 g/mol. The molecule has 6 nitrogen and oxygen atoms in total. The molecule has 0 saturated carbocycles. The van der Waals surface area contributed by atoms with Crippen LogP contribution in [-0.2, 0) is 11.3 Å². The third-order valence-electron chi connectivity index (χ3n) is 7.43. The van der Waals surface area contributed by atoms with E-state index >= 15 is 0 Å². The van der Waals surface area contributed by atoms with Crippen molar-refractivity contribution in [3.8, 4) is 11.4 Å². The number of halogens is 1. The van der Waals surface area contributed by atoms with Gasteiger partial charge in [0.15, 0.2) is 5.82 Å². The Balaban J connectivity index is 1.24. The normalized spacial score (nSPS) is 27.2. The van der Waals surface area contributed by atoms with Crippen molar-refractivity contribution in [2.24, 2.45) is 5.92 Å². The monoisotopic (exact) mass is 448 g/mol. The molecule has 1 amide bonds. The minimum Gasteiger partial charge on any atom is -0.464 e. The van der Waals surface area contributed by atoms with E-state index in [1.54, 1.807) is 0 Å². The molecule has 3 aliphatic heterocycles. The molecule has 1 aromatic carbocycles. The zero-order valence-electron chi connectivity index (χ0n) is 18.0. The van der Waals surface area contributed by atoms with Gasteiger partial charge in [-0.1, -0.05) is 11.6 Å². The van der Waals surface area contributed by atoms with E-state index in [0.717, 1.165) is 55.0 Å². The summed E-state index contributed by atoms with van der Waals surface area (Å²) in [5, 5.41) is 0.697. The lowest BCUT2D eigenvalue weighted by atomic mass is 9.85. The molecule has 3 aromatic rings. The van der Waals surface area contributed by atoms with Crippen LogP contribution < -0.4 is 0 Å². The van der Waals surface area contributed by atoms with Crippen molar-refractivity contribution in [3.63, 3.8) is 0 Å². The van der Waals surface area contributed by atoms with E-state index < -0.39 is 0 Å². The van der Waals surface area contributed by atoms with Gasteiger partial charge in [0.1, 0.15) is 17.1 Å². The van der Waals surface area contributed by atoms with Gasteiger partial charge in [-0.25, -0.2) is 9.97 Å². The fourth-order valence-electron chi connectivity index (χ4n) is 6.05. The zero-order chi connectivity index (χ0) is 21.9. The molecule has 3 atom stereocenters. The average molecular weight is 449 g/mol. The van der Waals surface area contributed by atoms with Crippen LogP contribution in [0, 0.1) is 12.8 Å². The lowest BCUT2D eigenvalue weighted by molar-refractivity contribution is -0.137. The van der Waals surface area contributed by atoms with Gasteiger partial charge >= 0.3 is 0 Å². The number of hydrogen-bond donors (Lipinski definition) is 0. The zero-order valence-corrected chi connectivity index (χ0v) is 18.8. The topological polar surface area (TPSA) is 62.5 Å². The number of furan rings is 1. The highest BCUT2D eigenvalue weighted by Crippen LogP contribution is 2.56. The van der Waals surface area contributed by atoms with Crippen molar-refractivity contribution in [2.75, 3.05) is 13.1 Å². The standard InChI is InChI=1S/C25H25ClN4O2/c1-16-3-8-21(32-16)15-29-14-19-11-22(30-10-2-9-25(19,30)24(29)31)18-12-27-23(28-13-18)17-4-6-20(26)7-5-17/h3-8,12-13,19,22H,2,9-11,14-15H2,1H3/t19-,22-,25-/m0/s1. The van der Waals surface area contributed by atoms with Crippen molar-refractivity contribution in [2.45, 2.75) is 44.3 Å². The van der Waals surface area contributed by atoms with Crippen LogP contribution in [0.4, 0.5) is 0 Å². The Morgan fingerprint density at radius 1 is 1.16 bits per heavy atom. The molecule has 3 fully saturated rings. The van der Waals surface area contributed by atoms with Gasteiger partial charge in [-0.3, -0.25) is 9.69 Å². The molecule has 0 radical (unpaired) electrons. The van der Waals surface area contributed by atoms with Crippen LogP contribution in [0.25, 0.3) is 11.4 Å². The fourth-order valence-corrected chi connectivity index (χ4v) is 6.17. The second kappa shape index (κ2) is 7.42. The van der Waals surface area contributed by atoms with E-state index in [1.807, 2.05) is 60.6 Å². The quantitative estimate of drug-likeness (QED) is 0.582. The van der Waals surface area contributed by atoms with Gasteiger partial charge in [0, 0.05) is 47.0 Å². The second-order valence-corrected chi connectivity index (χ2v) is 9.65. The molecule has 0 bridgehead atoms. The minimum absolute atomic E-state index is 0.193. The molecule has 5 heterocycles. The van der Waals surface area contributed by atoms with Crippen molar-refractivity contribution < 1.29 is 9.21 Å². The van der Waals surface area contributed by atoms with E-state index in [-0.39, 0.29) is 17.5 Å². The van der Waals surface area contributed by atoms with Crippen LogP contribution in [0.5, 0.6) is 0 Å². The first-order valence-electron chi connectivity index (χ1n) is 11.2. The van der Waals surface area contributed by atoms with Gasteiger partial charge in [0.25, 0.3) is 0 Å². The third-order valence-corrected chi connectivity index (χ3v) is 7.68.